The average molecular weight is 327 g/mol. The molecule has 0 bridgehead atoms. The Morgan fingerprint density at radius 2 is 2.14 bits per heavy atom. The summed E-state index contributed by atoms with van der Waals surface area (Å²) in [7, 11) is 0. The van der Waals surface area contributed by atoms with Gasteiger partial charge in [-0.05, 0) is 40.9 Å². The van der Waals surface area contributed by atoms with Crippen molar-refractivity contribution < 1.29 is 9.42 Å². The minimum atomic E-state index is -0.290. The van der Waals surface area contributed by atoms with Crippen LogP contribution in [0.1, 0.15) is 34.9 Å². The van der Waals surface area contributed by atoms with Gasteiger partial charge in [0.2, 0.25) is 11.5 Å². The molecule has 1 fully saturated rings. The standard InChI is InChI=1S/C13H12Cl2N4O2/c14-8-4-3-7(6-9(8)15)10-2-1-5-19(10)13(20)11-12(16)18-21-17-11/h3-4,6,10H,1-2,5H2,(H2,16,18). The van der Waals surface area contributed by atoms with E-state index in [0.29, 0.717) is 16.6 Å². The topological polar surface area (TPSA) is 85.2 Å². The molecule has 1 atom stereocenters. The van der Waals surface area contributed by atoms with Crippen LogP contribution >= 0.6 is 23.2 Å². The molecule has 1 aliphatic heterocycles. The second-order valence-electron chi connectivity index (χ2n) is 4.83. The molecule has 3 rings (SSSR count). The highest BCUT2D eigenvalue weighted by molar-refractivity contribution is 6.42. The predicted octanol–water partition coefficient (Wildman–Crippen LogP) is 2.94. The number of hydrogen-bond donors (Lipinski definition) is 1. The zero-order chi connectivity index (χ0) is 15.0. The number of amides is 1. The van der Waals surface area contributed by atoms with Crippen molar-refractivity contribution in [2.24, 2.45) is 0 Å². The Bertz CT molecular complexity index is 689. The third kappa shape index (κ3) is 2.56. The summed E-state index contributed by atoms with van der Waals surface area (Å²) in [6.45, 7) is 0.621. The Morgan fingerprint density at radius 3 is 2.81 bits per heavy atom. The van der Waals surface area contributed by atoms with E-state index in [1.165, 1.54) is 0 Å². The summed E-state index contributed by atoms with van der Waals surface area (Å²) in [5.41, 5.74) is 6.56. The van der Waals surface area contributed by atoms with Crippen molar-refractivity contribution in [3.05, 3.63) is 39.5 Å². The molecule has 2 heterocycles. The van der Waals surface area contributed by atoms with Crippen LogP contribution in [-0.2, 0) is 0 Å². The molecule has 6 nitrogen and oxygen atoms in total. The highest BCUT2D eigenvalue weighted by atomic mass is 35.5. The molecule has 1 aromatic carbocycles. The number of rotatable bonds is 2. The van der Waals surface area contributed by atoms with Crippen LogP contribution in [0.4, 0.5) is 5.82 Å². The summed E-state index contributed by atoms with van der Waals surface area (Å²) < 4.78 is 4.49. The molecule has 8 heteroatoms. The SMILES string of the molecule is Nc1nonc1C(=O)N1CCCC1c1ccc(Cl)c(Cl)c1. The van der Waals surface area contributed by atoms with E-state index in [1.54, 1.807) is 17.0 Å². The monoisotopic (exact) mass is 326 g/mol. The number of anilines is 1. The maximum absolute atomic E-state index is 12.5. The molecule has 0 radical (unpaired) electrons. The van der Waals surface area contributed by atoms with Gasteiger partial charge in [-0.25, -0.2) is 4.63 Å². The van der Waals surface area contributed by atoms with Crippen LogP contribution < -0.4 is 5.73 Å². The van der Waals surface area contributed by atoms with E-state index < -0.39 is 0 Å². The number of nitrogen functional groups attached to an aromatic ring is 1. The third-order valence-corrected chi connectivity index (χ3v) is 4.30. The van der Waals surface area contributed by atoms with Crippen LogP contribution in [0.15, 0.2) is 22.8 Å². The Morgan fingerprint density at radius 1 is 1.33 bits per heavy atom. The highest BCUT2D eigenvalue weighted by Crippen LogP contribution is 2.35. The fourth-order valence-corrected chi connectivity index (χ4v) is 2.86. The second kappa shape index (κ2) is 5.54. The van der Waals surface area contributed by atoms with Gasteiger partial charge in [-0.2, -0.15) is 0 Å². The van der Waals surface area contributed by atoms with E-state index in [4.69, 9.17) is 28.9 Å². The molecular weight excluding hydrogens is 315 g/mol. The highest BCUT2D eigenvalue weighted by Gasteiger charge is 2.33. The summed E-state index contributed by atoms with van der Waals surface area (Å²) >= 11 is 12.0. The number of benzene rings is 1. The second-order valence-corrected chi connectivity index (χ2v) is 5.64. The van der Waals surface area contributed by atoms with E-state index in [-0.39, 0.29) is 23.5 Å². The smallest absolute Gasteiger partial charge is 0.280 e. The van der Waals surface area contributed by atoms with Gasteiger partial charge >= 0.3 is 0 Å². The van der Waals surface area contributed by atoms with Crippen molar-refractivity contribution in [1.29, 1.82) is 0 Å². The molecule has 1 saturated heterocycles. The first-order valence-electron chi connectivity index (χ1n) is 6.42. The Labute approximate surface area is 130 Å². The zero-order valence-electron chi connectivity index (χ0n) is 10.9. The zero-order valence-corrected chi connectivity index (χ0v) is 12.4. The van der Waals surface area contributed by atoms with Gasteiger partial charge in [-0.1, -0.05) is 29.3 Å². The first-order chi connectivity index (χ1) is 10.1. The van der Waals surface area contributed by atoms with Gasteiger partial charge in [0.05, 0.1) is 16.1 Å². The molecule has 21 heavy (non-hydrogen) atoms. The number of likely N-dealkylation sites (tertiary alicyclic amines) is 1. The van der Waals surface area contributed by atoms with Gasteiger partial charge in [0.25, 0.3) is 5.91 Å². The maximum atomic E-state index is 12.5. The molecule has 1 aromatic heterocycles. The van der Waals surface area contributed by atoms with Gasteiger partial charge in [-0.15, -0.1) is 0 Å². The predicted molar refractivity (Wildman–Crippen MR) is 78.2 cm³/mol. The third-order valence-electron chi connectivity index (χ3n) is 3.56. The number of halogens is 2. The number of carbonyl (C=O) groups is 1. The van der Waals surface area contributed by atoms with Crippen LogP contribution in [0.5, 0.6) is 0 Å². The molecule has 110 valence electrons. The molecular formula is C13H12Cl2N4O2. The summed E-state index contributed by atoms with van der Waals surface area (Å²) in [6.07, 6.45) is 1.73. The van der Waals surface area contributed by atoms with E-state index in [9.17, 15) is 4.79 Å². The molecule has 0 spiro atoms. The van der Waals surface area contributed by atoms with Crippen LogP contribution in [0.3, 0.4) is 0 Å². The maximum Gasteiger partial charge on any atom is 0.280 e. The molecule has 2 N–H and O–H groups in total. The Hall–Kier alpha value is -1.79. The van der Waals surface area contributed by atoms with E-state index in [0.717, 1.165) is 18.4 Å². The van der Waals surface area contributed by atoms with Crippen molar-refractivity contribution >= 4 is 34.9 Å². The Kier molecular flexibility index (Phi) is 3.73. The van der Waals surface area contributed by atoms with Gasteiger partial charge in [0.1, 0.15) is 0 Å². The minimum absolute atomic E-state index is 0.000196. The summed E-state index contributed by atoms with van der Waals surface area (Å²) in [6, 6.07) is 5.30. The van der Waals surface area contributed by atoms with E-state index >= 15 is 0 Å². The van der Waals surface area contributed by atoms with Crippen molar-refractivity contribution in [1.82, 2.24) is 15.2 Å². The summed E-state index contributed by atoms with van der Waals surface area (Å²) in [5, 5.41) is 7.96. The lowest BCUT2D eigenvalue weighted by Gasteiger charge is -2.24. The molecule has 1 unspecified atom stereocenters. The van der Waals surface area contributed by atoms with Gasteiger partial charge in [0, 0.05) is 6.54 Å². The number of aromatic nitrogens is 2. The normalized spacial score (nSPS) is 18.2. The lowest BCUT2D eigenvalue weighted by molar-refractivity contribution is 0.0725. The van der Waals surface area contributed by atoms with Crippen molar-refractivity contribution in [3.63, 3.8) is 0 Å². The first-order valence-corrected chi connectivity index (χ1v) is 7.17. The fraction of sp³-hybridized carbons (Fsp3) is 0.308. The van der Waals surface area contributed by atoms with Crippen LogP contribution in [0, 0.1) is 0 Å². The summed E-state index contributed by atoms with van der Waals surface area (Å²) in [4.78, 5) is 14.2. The number of hydrogen-bond acceptors (Lipinski definition) is 5. The average Bonchev–Trinajstić information content (AvgIpc) is 3.10. The van der Waals surface area contributed by atoms with Crippen molar-refractivity contribution in [2.45, 2.75) is 18.9 Å². The lowest BCUT2D eigenvalue weighted by Crippen LogP contribution is -2.31. The molecule has 1 aliphatic rings. The van der Waals surface area contributed by atoms with Crippen LogP contribution in [-0.4, -0.2) is 27.7 Å². The molecule has 0 saturated carbocycles. The first kappa shape index (κ1) is 14.2. The van der Waals surface area contributed by atoms with E-state index in [1.807, 2.05) is 6.07 Å². The van der Waals surface area contributed by atoms with Gasteiger partial charge in [0.15, 0.2) is 0 Å². The molecule has 1 amide bonds. The number of nitrogens with zero attached hydrogens (tertiary/aromatic N) is 3. The van der Waals surface area contributed by atoms with Gasteiger partial charge < -0.3 is 10.6 Å². The van der Waals surface area contributed by atoms with Gasteiger partial charge in [-0.3, -0.25) is 4.79 Å². The largest absolute Gasteiger partial charge is 0.379 e. The Balaban J connectivity index is 1.90. The number of nitrogens with two attached hydrogens (primary N) is 1. The van der Waals surface area contributed by atoms with Crippen LogP contribution in [0.2, 0.25) is 10.0 Å². The molecule has 0 aliphatic carbocycles. The van der Waals surface area contributed by atoms with E-state index in [2.05, 4.69) is 14.9 Å². The quantitative estimate of drug-likeness (QED) is 0.916. The number of carbonyl (C=O) groups excluding carboxylic acids is 1. The fourth-order valence-electron chi connectivity index (χ4n) is 2.56. The lowest BCUT2D eigenvalue weighted by atomic mass is 10.0. The van der Waals surface area contributed by atoms with Crippen molar-refractivity contribution in [2.75, 3.05) is 12.3 Å². The summed E-state index contributed by atoms with van der Waals surface area (Å²) in [5.74, 6) is -0.290. The minimum Gasteiger partial charge on any atom is -0.379 e. The molecule has 2 aromatic rings. The van der Waals surface area contributed by atoms with Crippen molar-refractivity contribution in [3.8, 4) is 0 Å². The van der Waals surface area contributed by atoms with Crippen LogP contribution in [0.25, 0.3) is 0 Å².